The first-order valence-corrected chi connectivity index (χ1v) is 6.16. The first kappa shape index (κ1) is 14.3. The fourth-order valence-electron chi connectivity index (χ4n) is 0.766. The Kier molecular flexibility index (Phi) is 5.52. The molecule has 0 rings (SSSR count). The van der Waals surface area contributed by atoms with Gasteiger partial charge in [-0.05, 0) is 6.42 Å². The van der Waals surface area contributed by atoms with Crippen LogP contribution in [-0.2, 0) is 10.8 Å². The van der Waals surface area contributed by atoms with E-state index in [1.807, 2.05) is 0 Å². The van der Waals surface area contributed by atoms with Crippen molar-refractivity contribution in [3.8, 4) is 0 Å². The summed E-state index contributed by atoms with van der Waals surface area (Å²) in [7, 11) is -0.341. The van der Waals surface area contributed by atoms with E-state index in [9.17, 15) is 21.8 Å². The summed E-state index contributed by atoms with van der Waals surface area (Å²) in [6.45, 7) is 1.65. The molecule has 0 radical (unpaired) electrons. The number of rotatable bonds is 6. The van der Waals surface area contributed by atoms with Gasteiger partial charge in [0.1, 0.15) is 0 Å². The molecule has 14 heavy (non-hydrogen) atoms. The van der Waals surface area contributed by atoms with Crippen molar-refractivity contribution >= 4 is 20.0 Å². The number of alkyl halides is 4. The van der Waals surface area contributed by atoms with Gasteiger partial charge in [0.15, 0.2) is 0 Å². The van der Waals surface area contributed by atoms with E-state index >= 15 is 0 Å². The molecule has 86 valence electrons. The van der Waals surface area contributed by atoms with E-state index in [0.717, 1.165) is 9.24 Å². The largest absolute Gasteiger partial charge is 0.320 e. The minimum atomic E-state index is -4.08. The summed E-state index contributed by atoms with van der Waals surface area (Å²) in [6, 6.07) is 0. The van der Waals surface area contributed by atoms with Gasteiger partial charge in [-0.1, -0.05) is 16.2 Å². The molecule has 0 fully saturated rings. The molecular formula is C7H13F4OPS. The lowest BCUT2D eigenvalue weighted by molar-refractivity contribution is -0.156. The highest BCUT2D eigenvalue weighted by atomic mass is 32.2. The van der Waals surface area contributed by atoms with Crippen LogP contribution in [0.25, 0.3) is 0 Å². The first-order valence-electron chi connectivity index (χ1n) is 4.10. The van der Waals surface area contributed by atoms with Gasteiger partial charge in [-0.15, -0.1) is 0 Å². The van der Waals surface area contributed by atoms with Gasteiger partial charge in [-0.3, -0.25) is 4.21 Å². The van der Waals surface area contributed by atoms with Crippen molar-refractivity contribution in [1.82, 2.24) is 0 Å². The van der Waals surface area contributed by atoms with Gasteiger partial charge in [0.05, 0.1) is 0 Å². The summed E-state index contributed by atoms with van der Waals surface area (Å²) in [6.07, 6.45) is -1.09. The third-order valence-electron chi connectivity index (χ3n) is 1.67. The molecule has 0 aromatic heterocycles. The standard InChI is InChI=1S/C7H13F4OPS/c1-2-14(12)5-3-4-6(8,9)7(10,11)13/h2-5,13H2,1H3. The topological polar surface area (TPSA) is 17.1 Å². The molecule has 0 aromatic carbocycles. The Morgan fingerprint density at radius 1 is 1.29 bits per heavy atom. The fraction of sp³-hybridized carbons (Fsp3) is 1.00. The Balaban J connectivity index is 3.95. The van der Waals surface area contributed by atoms with Gasteiger partial charge < -0.3 is 0 Å². The van der Waals surface area contributed by atoms with E-state index in [-0.39, 0.29) is 12.2 Å². The van der Waals surface area contributed by atoms with E-state index in [2.05, 4.69) is 0 Å². The van der Waals surface area contributed by atoms with Crippen LogP contribution in [0.15, 0.2) is 0 Å². The zero-order valence-corrected chi connectivity index (χ0v) is 9.71. The summed E-state index contributed by atoms with van der Waals surface area (Å²) in [5.74, 6) is -3.62. The molecule has 0 heterocycles. The van der Waals surface area contributed by atoms with Crippen molar-refractivity contribution in [3.05, 3.63) is 0 Å². The van der Waals surface area contributed by atoms with E-state index < -0.39 is 28.8 Å². The summed E-state index contributed by atoms with van der Waals surface area (Å²) >= 11 is 0. The van der Waals surface area contributed by atoms with Crippen molar-refractivity contribution in [2.24, 2.45) is 0 Å². The lowest BCUT2D eigenvalue weighted by atomic mass is 10.2. The van der Waals surface area contributed by atoms with Gasteiger partial charge in [0, 0.05) is 28.7 Å². The van der Waals surface area contributed by atoms with Crippen LogP contribution in [0.2, 0.25) is 0 Å². The molecule has 0 aliphatic heterocycles. The van der Waals surface area contributed by atoms with Crippen LogP contribution < -0.4 is 0 Å². The minimum Gasteiger partial charge on any atom is -0.260 e. The molecule has 1 nitrogen and oxygen atoms in total. The SMILES string of the molecule is CCS(=O)CCCC(F)(F)C(F)(F)P. The molecule has 0 bridgehead atoms. The average molecular weight is 252 g/mol. The molecule has 0 N–H and O–H groups in total. The molecule has 0 saturated heterocycles. The Bertz CT molecular complexity index is 204. The van der Waals surface area contributed by atoms with Crippen LogP contribution in [0.1, 0.15) is 19.8 Å². The maximum atomic E-state index is 12.6. The molecule has 0 amide bonds. The molecule has 0 aromatic rings. The molecule has 0 spiro atoms. The molecule has 0 aliphatic carbocycles. The van der Waals surface area contributed by atoms with Crippen molar-refractivity contribution in [2.75, 3.05) is 11.5 Å². The highest BCUT2D eigenvalue weighted by Gasteiger charge is 2.51. The van der Waals surface area contributed by atoms with E-state index in [1.54, 1.807) is 6.92 Å². The van der Waals surface area contributed by atoms with Crippen molar-refractivity contribution in [3.63, 3.8) is 0 Å². The van der Waals surface area contributed by atoms with E-state index in [4.69, 9.17) is 0 Å². The second kappa shape index (κ2) is 5.40. The maximum Gasteiger partial charge on any atom is 0.320 e. The molecular weight excluding hydrogens is 239 g/mol. The lowest BCUT2D eigenvalue weighted by Gasteiger charge is -2.22. The zero-order chi connectivity index (χ0) is 11.4. The zero-order valence-electron chi connectivity index (χ0n) is 7.73. The molecule has 2 atom stereocenters. The summed E-state index contributed by atoms with van der Waals surface area (Å²) in [4.78, 5) is 0. The predicted octanol–water partition coefficient (Wildman–Crippen LogP) is 2.64. The monoisotopic (exact) mass is 252 g/mol. The van der Waals surface area contributed by atoms with Crippen LogP contribution in [0.5, 0.6) is 0 Å². The summed E-state index contributed by atoms with van der Waals surface area (Å²) in [5.41, 5.74) is -4.08. The Morgan fingerprint density at radius 2 is 1.79 bits per heavy atom. The van der Waals surface area contributed by atoms with Crippen molar-refractivity contribution in [1.29, 1.82) is 0 Å². The van der Waals surface area contributed by atoms with Crippen LogP contribution in [0, 0.1) is 0 Å². The fourth-order valence-corrected chi connectivity index (χ4v) is 1.67. The molecule has 2 unspecified atom stereocenters. The summed E-state index contributed by atoms with van der Waals surface area (Å²) < 4.78 is 60.5. The quantitative estimate of drug-likeness (QED) is 0.524. The average Bonchev–Trinajstić information content (AvgIpc) is 2.01. The van der Waals surface area contributed by atoms with Crippen molar-refractivity contribution in [2.45, 2.75) is 31.4 Å². The second-order valence-corrected chi connectivity index (χ2v) is 5.45. The minimum absolute atomic E-state index is 0.0484. The smallest absolute Gasteiger partial charge is 0.260 e. The van der Waals surface area contributed by atoms with Gasteiger partial charge >= 0.3 is 11.6 Å². The van der Waals surface area contributed by atoms with Crippen LogP contribution in [0.3, 0.4) is 0 Å². The highest BCUT2D eigenvalue weighted by molar-refractivity contribution is 7.84. The normalized spacial score (nSPS) is 15.6. The van der Waals surface area contributed by atoms with E-state index in [0.29, 0.717) is 5.75 Å². The Hall–Kier alpha value is 0.300. The molecule has 0 aliphatic rings. The van der Waals surface area contributed by atoms with Crippen LogP contribution >= 0.6 is 9.24 Å². The Morgan fingerprint density at radius 3 is 2.14 bits per heavy atom. The van der Waals surface area contributed by atoms with Gasteiger partial charge in [-0.2, -0.15) is 17.6 Å². The third kappa shape index (κ3) is 4.69. The first-order chi connectivity index (χ1) is 6.20. The van der Waals surface area contributed by atoms with Gasteiger partial charge in [-0.25, -0.2) is 0 Å². The number of halogens is 4. The van der Waals surface area contributed by atoms with Crippen LogP contribution in [-0.4, -0.2) is 27.3 Å². The van der Waals surface area contributed by atoms with Crippen LogP contribution in [0.4, 0.5) is 17.6 Å². The number of hydrogen-bond acceptors (Lipinski definition) is 1. The van der Waals surface area contributed by atoms with E-state index in [1.165, 1.54) is 0 Å². The third-order valence-corrected chi connectivity index (χ3v) is 3.48. The Labute approximate surface area is 85.3 Å². The van der Waals surface area contributed by atoms with Gasteiger partial charge in [0.25, 0.3) is 0 Å². The van der Waals surface area contributed by atoms with Crippen molar-refractivity contribution < 1.29 is 21.8 Å². The lowest BCUT2D eigenvalue weighted by Crippen LogP contribution is -2.35. The molecule has 7 heteroatoms. The summed E-state index contributed by atoms with van der Waals surface area (Å²) in [5, 5.41) is 0. The molecule has 0 saturated carbocycles. The predicted molar refractivity (Wildman–Crippen MR) is 52.4 cm³/mol. The number of hydrogen-bond donors (Lipinski definition) is 0. The van der Waals surface area contributed by atoms with Gasteiger partial charge in [0.2, 0.25) is 0 Å². The second-order valence-electron chi connectivity index (χ2n) is 2.86. The highest BCUT2D eigenvalue weighted by Crippen LogP contribution is 2.42. The maximum absolute atomic E-state index is 12.6.